The molecule has 1 heterocycles. The minimum absolute atomic E-state index is 0.237. The van der Waals surface area contributed by atoms with Gasteiger partial charge in [0.15, 0.2) is 0 Å². The SMILES string of the molecule is CC(C)(C)OC(=O)C1=C(Nc2ccccc2)CCN(Cc2ccccc2)C1. The molecule has 4 nitrogen and oxygen atoms in total. The second-order valence-corrected chi connectivity index (χ2v) is 7.90. The number of hydrogen-bond donors (Lipinski definition) is 1. The molecular weight excluding hydrogens is 336 g/mol. The van der Waals surface area contributed by atoms with Crippen molar-refractivity contribution < 1.29 is 9.53 Å². The van der Waals surface area contributed by atoms with Crippen LogP contribution in [0.3, 0.4) is 0 Å². The van der Waals surface area contributed by atoms with E-state index < -0.39 is 5.60 Å². The first-order valence-electron chi connectivity index (χ1n) is 9.44. The van der Waals surface area contributed by atoms with E-state index in [0.29, 0.717) is 6.54 Å². The number of para-hydroxylation sites is 1. The highest BCUT2D eigenvalue weighted by Crippen LogP contribution is 2.24. The van der Waals surface area contributed by atoms with Crippen LogP contribution in [0, 0.1) is 0 Å². The van der Waals surface area contributed by atoms with Crippen molar-refractivity contribution in [2.45, 2.75) is 39.3 Å². The predicted octanol–water partition coefficient (Wildman–Crippen LogP) is 4.60. The number of esters is 1. The normalized spacial score (nSPS) is 15.5. The second kappa shape index (κ2) is 8.40. The average molecular weight is 364 g/mol. The van der Waals surface area contributed by atoms with Gasteiger partial charge >= 0.3 is 5.97 Å². The van der Waals surface area contributed by atoms with Gasteiger partial charge in [0.25, 0.3) is 0 Å². The lowest BCUT2D eigenvalue weighted by Gasteiger charge is -2.32. The fourth-order valence-electron chi connectivity index (χ4n) is 3.16. The summed E-state index contributed by atoms with van der Waals surface area (Å²) in [4.78, 5) is 15.2. The molecule has 2 aromatic carbocycles. The molecule has 142 valence electrons. The zero-order valence-electron chi connectivity index (χ0n) is 16.4. The van der Waals surface area contributed by atoms with Crippen molar-refractivity contribution in [3.63, 3.8) is 0 Å². The molecule has 0 saturated heterocycles. The molecule has 1 aliphatic rings. The maximum absolute atomic E-state index is 12.9. The molecule has 2 aromatic rings. The van der Waals surface area contributed by atoms with Gasteiger partial charge in [0.1, 0.15) is 5.60 Å². The van der Waals surface area contributed by atoms with Gasteiger partial charge in [-0.05, 0) is 38.5 Å². The standard InChI is InChI=1S/C23H28N2O2/c1-23(2,3)27-22(26)20-17-25(16-18-10-6-4-7-11-18)15-14-21(20)24-19-12-8-5-9-13-19/h4-13,24H,14-17H2,1-3H3. The van der Waals surface area contributed by atoms with E-state index in [2.05, 4.69) is 22.3 Å². The van der Waals surface area contributed by atoms with Gasteiger partial charge in [-0.25, -0.2) is 4.79 Å². The number of hydrogen-bond acceptors (Lipinski definition) is 4. The quantitative estimate of drug-likeness (QED) is 0.787. The minimum Gasteiger partial charge on any atom is -0.457 e. The lowest BCUT2D eigenvalue weighted by Crippen LogP contribution is -2.37. The number of anilines is 1. The molecule has 0 atom stereocenters. The summed E-state index contributed by atoms with van der Waals surface area (Å²) < 4.78 is 5.68. The molecule has 0 aliphatic carbocycles. The van der Waals surface area contributed by atoms with Gasteiger partial charge < -0.3 is 10.1 Å². The molecule has 1 N–H and O–H groups in total. The minimum atomic E-state index is -0.510. The molecule has 0 radical (unpaired) electrons. The van der Waals surface area contributed by atoms with Gasteiger partial charge in [0.05, 0.1) is 5.57 Å². The molecule has 0 spiro atoms. The third kappa shape index (κ3) is 5.69. The van der Waals surface area contributed by atoms with Crippen LogP contribution in [0.4, 0.5) is 5.69 Å². The monoisotopic (exact) mass is 364 g/mol. The Morgan fingerprint density at radius 3 is 2.30 bits per heavy atom. The summed E-state index contributed by atoms with van der Waals surface area (Å²) >= 11 is 0. The number of nitrogens with zero attached hydrogens (tertiary/aromatic N) is 1. The smallest absolute Gasteiger partial charge is 0.337 e. The molecule has 3 rings (SSSR count). The van der Waals surface area contributed by atoms with Crippen molar-refractivity contribution in [1.82, 2.24) is 4.90 Å². The molecular formula is C23H28N2O2. The lowest BCUT2D eigenvalue weighted by molar-refractivity contribution is -0.150. The van der Waals surface area contributed by atoms with Crippen LogP contribution in [-0.4, -0.2) is 29.6 Å². The first kappa shape index (κ1) is 19.2. The third-order valence-corrected chi connectivity index (χ3v) is 4.39. The van der Waals surface area contributed by atoms with E-state index in [4.69, 9.17) is 4.74 Å². The highest BCUT2D eigenvalue weighted by molar-refractivity contribution is 5.91. The Hall–Kier alpha value is -2.59. The summed E-state index contributed by atoms with van der Waals surface area (Å²) in [5.74, 6) is -0.237. The highest BCUT2D eigenvalue weighted by atomic mass is 16.6. The van der Waals surface area contributed by atoms with E-state index in [1.165, 1.54) is 5.56 Å². The fourth-order valence-corrected chi connectivity index (χ4v) is 3.16. The molecule has 0 amide bonds. The highest BCUT2D eigenvalue weighted by Gasteiger charge is 2.28. The van der Waals surface area contributed by atoms with E-state index in [-0.39, 0.29) is 5.97 Å². The van der Waals surface area contributed by atoms with Crippen LogP contribution < -0.4 is 5.32 Å². The van der Waals surface area contributed by atoms with Crippen molar-refractivity contribution in [1.29, 1.82) is 0 Å². The van der Waals surface area contributed by atoms with Crippen molar-refractivity contribution in [2.75, 3.05) is 18.4 Å². The Bertz CT molecular complexity index is 792. The van der Waals surface area contributed by atoms with Crippen molar-refractivity contribution in [3.05, 3.63) is 77.5 Å². The summed E-state index contributed by atoms with van der Waals surface area (Å²) in [5.41, 5.74) is 3.41. The van der Waals surface area contributed by atoms with Gasteiger partial charge in [-0.15, -0.1) is 0 Å². The van der Waals surface area contributed by atoms with Crippen LogP contribution in [0.5, 0.6) is 0 Å². The molecule has 0 bridgehead atoms. The number of nitrogens with one attached hydrogen (secondary N) is 1. The topological polar surface area (TPSA) is 41.6 Å². The van der Waals surface area contributed by atoms with Crippen LogP contribution in [0.15, 0.2) is 71.9 Å². The van der Waals surface area contributed by atoms with Crippen molar-refractivity contribution in [2.24, 2.45) is 0 Å². The van der Waals surface area contributed by atoms with Crippen LogP contribution in [-0.2, 0) is 16.1 Å². The number of carbonyl (C=O) groups excluding carboxylic acids is 1. The van der Waals surface area contributed by atoms with Gasteiger partial charge in [0.2, 0.25) is 0 Å². The zero-order chi connectivity index (χ0) is 19.3. The van der Waals surface area contributed by atoms with E-state index in [1.807, 2.05) is 69.3 Å². The number of carbonyl (C=O) groups is 1. The maximum Gasteiger partial charge on any atom is 0.337 e. The molecule has 0 saturated carbocycles. The fraction of sp³-hybridized carbons (Fsp3) is 0.348. The maximum atomic E-state index is 12.9. The molecule has 0 aromatic heterocycles. The molecule has 1 aliphatic heterocycles. The van der Waals surface area contributed by atoms with E-state index in [1.54, 1.807) is 0 Å². The number of rotatable bonds is 5. The molecule has 0 fully saturated rings. The van der Waals surface area contributed by atoms with E-state index >= 15 is 0 Å². The van der Waals surface area contributed by atoms with Crippen LogP contribution in [0.2, 0.25) is 0 Å². The molecule has 0 unspecified atom stereocenters. The van der Waals surface area contributed by atoms with Crippen molar-refractivity contribution >= 4 is 11.7 Å². The zero-order valence-corrected chi connectivity index (χ0v) is 16.4. The Kier molecular flexibility index (Phi) is 5.97. The van der Waals surface area contributed by atoms with Crippen LogP contribution >= 0.6 is 0 Å². The Labute approximate surface area is 161 Å². The van der Waals surface area contributed by atoms with Gasteiger partial charge in [-0.1, -0.05) is 48.5 Å². The summed E-state index contributed by atoms with van der Waals surface area (Å²) in [6, 6.07) is 20.3. The largest absolute Gasteiger partial charge is 0.457 e. The summed E-state index contributed by atoms with van der Waals surface area (Å²) in [5, 5.41) is 3.43. The van der Waals surface area contributed by atoms with Crippen LogP contribution in [0.1, 0.15) is 32.8 Å². The third-order valence-electron chi connectivity index (χ3n) is 4.39. The Morgan fingerprint density at radius 1 is 1.04 bits per heavy atom. The number of ether oxygens (including phenoxy) is 1. The first-order chi connectivity index (χ1) is 12.9. The summed E-state index contributed by atoms with van der Waals surface area (Å²) in [7, 11) is 0. The van der Waals surface area contributed by atoms with Gasteiger partial charge in [-0.3, -0.25) is 4.90 Å². The van der Waals surface area contributed by atoms with Gasteiger partial charge in [-0.2, -0.15) is 0 Å². The predicted molar refractivity (Wildman–Crippen MR) is 109 cm³/mol. The number of benzene rings is 2. The van der Waals surface area contributed by atoms with E-state index in [9.17, 15) is 4.79 Å². The lowest BCUT2D eigenvalue weighted by atomic mass is 10.0. The van der Waals surface area contributed by atoms with E-state index in [0.717, 1.165) is 36.5 Å². The average Bonchev–Trinajstić information content (AvgIpc) is 2.63. The summed E-state index contributed by atoms with van der Waals surface area (Å²) in [6.45, 7) is 8.02. The molecule has 4 heteroatoms. The second-order valence-electron chi connectivity index (χ2n) is 7.90. The van der Waals surface area contributed by atoms with Crippen LogP contribution in [0.25, 0.3) is 0 Å². The Balaban J connectivity index is 1.81. The first-order valence-corrected chi connectivity index (χ1v) is 9.44. The molecule has 27 heavy (non-hydrogen) atoms. The Morgan fingerprint density at radius 2 is 1.67 bits per heavy atom. The summed E-state index contributed by atoms with van der Waals surface area (Å²) in [6.07, 6.45) is 0.788. The van der Waals surface area contributed by atoms with Crippen molar-refractivity contribution in [3.8, 4) is 0 Å². The van der Waals surface area contributed by atoms with Gasteiger partial charge in [0, 0.05) is 37.4 Å².